The number of furan rings is 1. The first-order chi connectivity index (χ1) is 9.06. The molecule has 0 saturated heterocycles. The van der Waals surface area contributed by atoms with Gasteiger partial charge in [0.2, 0.25) is 5.76 Å². The van der Waals surface area contributed by atoms with E-state index in [4.69, 9.17) is 21.1 Å². The number of halogens is 1. The Balaban J connectivity index is 1.98. The summed E-state index contributed by atoms with van der Waals surface area (Å²) in [7, 11) is 0. The lowest BCUT2D eigenvalue weighted by atomic mass is 10.2. The number of carbonyl (C=O) groups is 2. The van der Waals surface area contributed by atoms with E-state index in [1.54, 1.807) is 24.3 Å². The summed E-state index contributed by atoms with van der Waals surface area (Å²) >= 11 is 5.78. The van der Waals surface area contributed by atoms with Gasteiger partial charge in [-0.15, -0.1) is 0 Å². The number of nitrogens with one attached hydrogen (secondary N) is 1. The zero-order chi connectivity index (χ0) is 13.8. The number of amides is 1. The van der Waals surface area contributed by atoms with Crippen molar-refractivity contribution in [3.63, 3.8) is 0 Å². The molecule has 1 heterocycles. The lowest BCUT2D eigenvalue weighted by molar-refractivity contribution is 0.0660. The Labute approximate surface area is 113 Å². The average Bonchev–Trinajstić information content (AvgIpc) is 2.85. The SMILES string of the molecule is O=C(NCc1ccc(C(=O)O)o1)c1cccc(Cl)c1. The van der Waals surface area contributed by atoms with Crippen LogP contribution in [0.5, 0.6) is 0 Å². The van der Waals surface area contributed by atoms with Crippen molar-refractivity contribution in [1.82, 2.24) is 5.32 Å². The molecule has 0 atom stereocenters. The van der Waals surface area contributed by atoms with Gasteiger partial charge in [-0.2, -0.15) is 0 Å². The van der Waals surface area contributed by atoms with Crippen LogP contribution in [0.4, 0.5) is 0 Å². The zero-order valence-electron chi connectivity index (χ0n) is 9.72. The summed E-state index contributed by atoms with van der Waals surface area (Å²) < 4.78 is 5.01. The predicted molar refractivity (Wildman–Crippen MR) is 68.3 cm³/mol. The van der Waals surface area contributed by atoms with Crippen molar-refractivity contribution >= 4 is 23.5 Å². The molecule has 0 aliphatic heterocycles. The van der Waals surface area contributed by atoms with Gasteiger partial charge in [0.1, 0.15) is 5.76 Å². The predicted octanol–water partition coefficient (Wildman–Crippen LogP) is 2.56. The van der Waals surface area contributed by atoms with Gasteiger partial charge in [0, 0.05) is 10.6 Å². The molecule has 2 rings (SSSR count). The summed E-state index contributed by atoms with van der Waals surface area (Å²) in [6.07, 6.45) is 0. The van der Waals surface area contributed by atoms with Crippen molar-refractivity contribution in [3.05, 3.63) is 58.5 Å². The Bertz CT molecular complexity index is 621. The number of hydrogen-bond donors (Lipinski definition) is 2. The van der Waals surface area contributed by atoms with Crippen molar-refractivity contribution in [2.24, 2.45) is 0 Å². The van der Waals surface area contributed by atoms with E-state index in [1.807, 2.05) is 0 Å². The fourth-order valence-corrected chi connectivity index (χ4v) is 1.68. The summed E-state index contributed by atoms with van der Waals surface area (Å²) in [6.45, 7) is 0.110. The van der Waals surface area contributed by atoms with Gasteiger partial charge in [-0.3, -0.25) is 4.79 Å². The Morgan fingerprint density at radius 3 is 2.68 bits per heavy atom. The minimum atomic E-state index is -1.15. The van der Waals surface area contributed by atoms with Gasteiger partial charge in [0.15, 0.2) is 0 Å². The fraction of sp³-hybridized carbons (Fsp3) is 0.0769. The van der Waals surface area contributed by atoms with Crippen LogP contribution in [0.25, 0.3) is 0 Å². The highest BCUT2D eigenvalue weighted by Gasteiger charge is 2.10. The molecule has 0 unspecified atom stereocenters. The van der Waals surface area contributed by atoms with Crippen LogP contribution in [0.2, 0.25) is 5.02 Å². The van der Waals surface area contributed by atoms with Gasteiger partial charge in [-0.05, 0) is 30.3 Å². The first-order valence-electron chi connectivity index (χ1n) is 5.42. The van der Waals surface area contributed by atoms with Crippen molar-refractivity contribution in [1.29, 1.82) is 0 Å². The van der Waals surface area contributed by atoms with E-state index in [9.17, 15) is 9.59 Å². The van der Waals surface area contributed by atoms with Crippen LogP contribution in [0.15, 0.2) is 40.8 Å². The average molecular weight is 280 g/mol. The van der Waals surface area contributed by atoms with Crippen LogP contribution in [-0.4, -0.2) is 17.0 Å². The third-order valence-corrected chi connectivity index (χ3v) is 2.62. The minimum absolute atomic E-state index is 0.110. The molecule has 0 aliphatic carbocycles. The molecule has 2 N–H and O–H groups in total. The van der Waals surface area contributed by atoms with Gasteiger partial charge < -0.3 is 14.8 Å². The number of aromatic carboxylic acids is 1. The lowest BCUT2D eigenvalue weighted by Crippen LogP contribution is -2.22. The Kier molecular flexibility index (Phi) is 3.87. The third-order valence-electron chi connectivity index (χ3n) is 2.38. The summed E-state index contributed by atoms with van der Waals surface area (Å²) in [5, 5.41) is 11.8. The molecule has 1 aromatic heterocycles. The molecule has 1 amide bonds. The molecule has 1 aromatic carbocycles. The van der Waals surface area contributed by atoms with E-state index in [0.717, 1.165) is 0 Å². The number of carboxylic acids is 1. The first-order valence-corrected chi connectivity index (χ1v) is 5.80. The van der Waals surface area contributed by atoms with Crippen molar-refractivity contribution in [3.8, 4) is 0 Å². The Morgan fingerprint density at radius 1 is 1.26 bits per heavy atom. The molecule has 98 valence electrons. The standard InChI is InChI=1S/C13H10ClNO4/c14-9-3-1-2-8(6-9)12(16)15-7-10-4-5-11(19-10)13(17)18/h1-6H,7H2,(H,15,16)(H,17,18). The van der Waals surface area contributed by atoms with Crippen LogP contribution >= 0.6 is 11.6 Å². The van der Waals surface area contributed by atoms with Gasteiger partial charge in [-0.25, -0.2) is 4.79 Å². The number of rotatable bonds is 4. The number of carbonyl (C=O) groups excluding carboxylic acids is 1. The molecule has 6 heteroatoms. The molecular formula is C13H10ClNO4. The number of hydrogen-bond acceptors (Lipinski definition) is 3. The third kappa shape index (κ3) is 3.35. The minimum Gasteiger partial charge on any atom is -0.475 e. The van der Waals surface area contributed by atoms with Crippen LogP contribution < -0.4 is 5.32 Å². The molecule has 0 bridgehead atoms. The second-order valence-electron chi connectivity index (χ2n) is 3.76. The van der Waals surface area contributed by atoms with Gasteiger partial charge in [0.25, 0.3) is 5.91 Å². The van der Waals surface area contributed by atoms with E-state index in [-0.39, 0.29) is 18.2 Å². The molecule has 5 nitrogen and oxygen atoms in total. The molecule has 0 saturated carbocycles. The summed E-state index contributed by atoms with van der Waals surface area (Å²) in [6, 6.07) is 9.36. The van der Waals surface area contributed by atoms with E-state index < -0.39 is 5.97 Å². The maximum Gasteiger partial charge on any atom is 0.371 e. The first kappa shape index (κ1) is 13.2. The molecule has 0 aliphatic rings. The van der Waals surface area contributed by atoms with Crippen molar-refractivity contribution in [2.75, 3.05) is 0 Å². The van der Waals surface area contributed by atoms with Crippen LogP contribution in [0, 0.1) is 0 Å². The monoisotopic (exact) mass is 279 g/mol. The van der Waals surface area contributed by atoms with E-state index in [0.29, 0.717) is 16.3 Å². The van der Waals surface area contributed by atoms with Crippen LogP contribution in [0.1, 0.15) is 26.7 Å². The highest BCUT2D eigenvalue weighted by atomic mass is 35.5. The second-order valence-corrected chi connectivity index (χ2v) is 4.20. The molecule has 0 spiro atoms. The Morgan fingerprint density at radius 2 is 2.05 bits per heavy atom. The topological polar surface area (TPSA) is 79.5 Å². The summed E-state index contributed by atoms with van der Waals surface area (Å²) in [5.74, 6) is -1.25. The highest BCUT2D eigenvalue weighted by Crippen LogP contribution is 2.11. The van der Waals surface area contributed by atoms with Crippen LogP contribution in [-0.2, 0) is 6.54 Å². The van der Waals surface area contributed by atoms with E-state index >= 15 is 0 Å². The fourth-order valence-electron chi connectivity index (χ4n) is 1.49. The molecular weight excluding hydrogens is 270 g/mol. The normalized spacial score (nSPS) is 10.2. The van der Waals surface area contributed by atoms with Gasteiger partial charge in [0.05, 0.1) is 6.54 Å². The van der Waals surface area contributed by atoms with Crippen molar-refractivity contribution in [2.45, 2.75) is 6.54 Å². The smallest absolute Gasteiger partial charge is 0.371 e. The second kappa shape index (κ2) is 5.58. The summed E-state index contributed by atoms with van der Waals surface area (Å²) in [5.41, 5.74) is 0.428. The maximum absolute atomic E-state index is 11.8. The molecule has 0 fully saturated rings. The van der Waals surface area contributed by atoms with E-state index in [2.05, 4.69) is 5.32 Å². The van der Waals surface area contributed by atoms with Gasteiger partial charge >= 0.3 is 5.97 Å². The van der Waals surface area contributed by atoms with Crippen LogP contribution in [0.3, 0.4) is 0 Å². The molecule has 0 radical (unpaired) electrons. The maximum atomic E-state index is 11.8. The van der Waals surface area contributed by atoms with Crippen molar-refractivity contribution < 1.29 is 19.1 Å². The molecule has 19 heavy (non-hydrogen) atoms. The van der Waals surface area contributed by atoms with E-state index in [1.165, 1.54) is 12.1 Å². The number of benzene rings is 1. The molecule has 2 aromatic rings. The van der Waals surface area contributed by atoms with Gasteiger partial charge in [-0.1, -0.05) is 17.7 Å². The zero-order valence-corrected chi connectivity index (χ0v) is 10.5. The summed E-state index contributed by atoms with van der Waals surface area (Å²) in [4.78, 5) is 22.4. The lowest BCUT2D eigenvalue weighted by Gasteiger charge is -2.03. The quantitative estimate of drug-likeness (QED) is 0.901. The Hall–Kier alpha value is -2.27. The number of carboxylic acid groups (broad SMARTS) is 1. The highest BCUT2D eigenvalue weighted by molar-refractivity contribution is 6.30. The largest absolute Gasteiger partial charge is 0.475 e.